The van der Waals surface area contributed by atoms with E-state index >= 15 is 0 Å². The van der Waals surface area contributed by atoms with Crippen LogP contribution in [0.5, 0.6) is 0 Å². The van der Waals surface area contributed by atoms with Crippen LogP contribution in [0.15, 0.2) is 66.2 Å². The van der Waals surface area contributed by atoms with E-state index in [9.17, 15) is 9.59 Å². The number of rotatable bonds is 6. The average molecular weight is 405 g/mol. The van der Waals surface area contributed by atoms with Gasteiger partial charge in [-0.15, -0.1) is 11.3 Å². The number of anilines is 1. The molecule has 0 radical (unpaired) electrons. The second-order valence-electron chi connectivity index (χ2n) is 6.62. The van der Waals surface area contributed by atoms with Gasteiger partial charge in [0.1, 0.15) is 0 Å². The number of amides is 1. The smallest absolute Gasteiger partial charge is 0.312 e. The van der Waals surface area contributed by atoms with Crippen molar-refractivity contribution in [2.45, 2.75) is 13.3 Å². The predicted octanol–water partition coefficient (Wildman–Crippen LogP) is 4.10. The van der Waals surface area contributed by atoms with E-state index < -0.39 is 5.97 Å². The van der Waals surface area contributed by atoms with E-state index in [1.807, 2.05) is 65.4 Å². The standard InChI is InChI=1S/C22H19N3O3S/c1-15-7-9-17(10-8-15)23-20(26)13-28-21(27)11-18-14-29-22-24-19(12-25(18)22)16-5-3-2-4-6-16/h2-10,12,14H,11,13H2,1H3,(H,23,26). The van der Waals surface area contributed by atoms with E-state index in [1.165, 1.54) is 11.3 Å². The minimum atomic E-state index is -0.460. The maximum Gasteiger partial charge on any atom is 0.312 e. The average Bonchev–Trinajstić information content (AvgIpc) is 3.31. The van der Waals surface area contributed by atoms with Crippen LogP contribution >= 0.6 is 11.3 Å². The molecule has 2 heterocycles. The van der Waals surface area contributed by atoms with Gasteiger partial charge in [-0.3, -0.25) is 14.0 Å². The van der Waals surface area contributed by atoms with Crippen molar-refractivity contribution in [1.29, 1.82) is 0 Å². The Morgan fingerprint density at radius 2 is 1.86 bits per heavy atom. The number of fused-ring (bicyclic) bond motifs is 1. The normalized spacial score (nSPS) is 10.8. The molecule has 0 aliphatic heterocycles. The molecular formula is C22H19N3O3S. The van der Waals surface area contributed by atoms with Gasteiger partial charge in [0.25, 0.3) is 5.91 Å². The van der Waals surface area contributed by atoms with Crippen LogP contribution in [0.4, 0.5) is 5.69 Å². The Labute approximate surface area is 171 Å². The van der Waals surface area contributed by atoms with Crippen LogP contribution in [0.25, 0.3) is 16.2 Å². The molecule has 0 saturated heterocycles. The Morgan fingerprint density at radius 3 is 2.62 bits per heavy atom. The molecule has 7 heteroatoms. The van der Waals surface area contributed by atoms with E-state index in [1.54, 1.807) is 12.1 Å². The number of nitrogens with one attached hydrogen (secondary N) is 1. The first-order chi connectivity index (χ1) is 14.1. The molecule has 0 aliphatic rings. The minimum absolute atomic E-state index is 0.0718. The van der Waals surface area contributed by atoms with Crippen LogP contribution in [0, 0.1) is 6.92 Å². The van der Waals surface area contributed by atoms with E-state index in [0.717, 1.165) is 27.5 Å². The molecule has 29 heavy (non-hydrogen) atoms. The number of hydrogen-bond acceptors (Lipinski definition) is 5. The highest BCUT2D eigenvalue weighted by Gasteiger charge is 2.14. The topological polar surface area (TPSA) is 72.7 Å². The van der Waals surface area contributed by atoms with Crippen molar-refractivity contribution in [2.24, 2.45) is 0 Å². The molecule has 4 rings (SSSR count). The zero-order valence-corrected chi connectivity index (χ0v) is 16.6. The molecule has 2 aromatic carbocycles. The first-order valence-electron chi connectivity index (χ1n) is 9.11. The van der Waals surface area contributed by atoms with Crippen molar-refractivity contribution in [3.05, 3.63) is 77.4 Å². The van der Waals surface area contributed by atoms with Gasteiger partial charge in [-0.05, 0) is 19.1 Å². The lowest BCUT2D eigenvalue weighted by molar-refractivity contribution is -0.146. The summed E-state index contributed by atoms with van der Waals surface area (Å²) >= 11 is 1.46. The van der Waals surface area contributed by atoms with Gasteiger partial charge in [0.05, 0.1) is 12.1 Å². The van der Waals surface area contributed by atoms with E-state index in [-0.39, 0.29) is 18.9 Å². The molecule has 6 nitrogen and oxygen atoms in total. The molecule has 0 aliphatic carbocycles. The fraction of sp³-hybridized carbons (Fsp3) is 0.136. The van der Waals surface area contributed by atoms with Crippen molar-refractivity contribution in [3.8, 4) is 11.3 Å². The number of ether oxygens (including phenoxy) is 1. The molecule has 0 spiro atoms. The number of carbonyl (C=O) groups excluding carboxylic acids is 2. The maximum atomic E-state index is 12.2. The van der Waals surface area contributed by atoms with Gasteiger partial charge < -0.3 is 10.1 Å². The number of aryl methyl sites for hydroxylation is 1. The van der Waals surface area contributed by atoms with Crippen LogP contribution in [0.3, 0.4) is 0 Å². The van der Waals surface area contributed by atoms with E-state index in [4.69, 9.17) is 4.74 Å². The van der Waals surface area contributed by atoms with Crippen LogP contribution in [-0.4, -0.2) is 27.9 Å². The van der Waals surface area contributed by atoms with Gasteiger partial charge in [-0.2, -0.15) is 0 Å². The number of thiazole rings is 1. The Kier molecular flexibility index (Phi) is 5.39. The van der Waals surface area contributed by atoms with Crippen LogP contribution < -0.4 is 5.32 Å². The highest BCUT2D eigenvalue weighted by Crippen LogP contribution is 2.23. The fourth-order valence-corrected chi connectivity index (χ4v) is 3.76. The highest BCUT2D eigenvalue weighted by atomic mass is 32.1. The molecule has 1 N–H and O–H groups in total. The number of carbonyl (C=O) groups is 2. The monoisotopic (exact) mass is 405 g/mol. The summed E-state index contributed by atoms with van der Waals surface area (Å²) in [5.41, 5.74) is 4.42. The van der Waals surface area contributed by atoms with Gasteiger partial charge in [-0.25, -0.2) is 4.98 Å². The fourth-order valence-electron chi connectivity index (χ4n) is 2.88. The lowest BCUT2D eigenvalue weighted by atomic mass is 10.2. The van der Waals surface area contributed by atoms with Crippen LogP contribution in [0.1, 0.15) is 11.3 Å². The van der Waals surface area contributed by atoms with E-state index in [0.29, 0.717) is 5.69 Å². The summed E-state index contributed by atoms with van der Waals surface area (Å²) in [4.78, 5) is 29.6. The lowest BCUT2D eigenvalue weighted by Gasteiger charge is -2.07. The van der Waals surface area contributed by atoms with Gasteiger partial charge in [0.15, 0.2) is 11.6 Å². The minimum Gasteiger partial charge on any atom is -0.455 e. The van der Waals surface area contributed by atoms with Crippen molar-refractivity contribution in [1.82, 2.24) is 9.38 Å². The summed E-state index contributed by atoms with van der Waals surface area (Å²) < 4.78 is 7.02. The van der Waals surface area contributed by atoms with Crippen molar-refractivity contribution in [2.75, 3.05) is 11.9 Å². The Balaban J connectivity index is 1.35. The van der Waals surface area contributed by atoms with Crippen molar-refractivity contribution < 1.29 is 14.3 Å². The van der Waals surface area contributed by atoms with Crippen LogP contribution in [0.2, 0.25) is 0 Å². The third-order valence-corrected chi connectivity index (χ3v) is 5.27. The first-order valence-corrected chi connectivity index (χ1v) is 9.99. The molecule has 2 aromatic heterocycles. The quantitative estimate of drug-likeness (QED) is 0.490. The summed E-state index contributed by atoms with van der Waals surface area (Å²) in [6.07, 6.45) is 1.98. The maximum absolute atomic E-state index is 12.2. The van der Waals surface area contributed by atoms with Gasteiger partial charge in [0.2, 0.25) is 0 Å². The summed E-state index contributed by atoms with van der Waals surface area (Å²) in [6.45, 7) is 1.65. The third-order valence-electron chi connectivity index (χ3n) is 4.38. The second-order valence-corrected chi connectivity index (χ2v) is 7.46. The molecule has 4 aromatic rings. The zero-order chi connectivity index (χ0) is 20.2. The number of nitrogens with zero attached hydrogens (tertiary/aromatic N) is 2. The van der Waals surface area contributed by atoms with Crippen molar-refractivity contribution >= 4 is 33.9 Å². The number of esters is 1. The molecule has 0 fully saturated rings. The SMILES string of the molecule is Cc1ccc(NC(=O)COC(=O)Cc2csc3nc(-c4ccccc4)cn23)cc1. The molecule has 0 unspecified atom stereocenters. The summed E-state index contributed by atoms with van der Waals surface area (Å²) in [7, 11) is 0. The number of hydrogen-bond donors (Lipinski definition) is 1. The lowest BCUT2D eigenvalue weighted by Crippen LogP contribution is -2.21. The zero-order valence-electron chi connectivity index (χ0n) is 15.8. The molecule has 0 bridgehead atoms. The Bertz CT molecular complexity index is 1150. The van der Waals surface area contributed by atoms with Gasteiger partial charge in [0, 0.05) is 28.5 Å². The Morgan fingerprint density at radius 1 is 1.10 bits per heavy atom. The van der Waals surface area contributed by atoms with Gasteiger partial charge >= 0.3 is 5.97 Å². The second kappa shape index (κ2) is 8.28. The predicted molar refractivity (Wildman–Crippen MR) is 113 cm³/mol. The van der Waals surface area contributed by atoms with Crippen molar-refractivity contribution in [3.63, 3.8) is 0 Å². The summed E-state index contributed by atoms with van der Waals surface area (Å²) in [5.74, 6) is -0.828. The van der Waals surface area contributed by atoms with Crippen LogP contribution in [-0.2, 0) is 20.7 Å². The molecule has 146 valence electrons. The molecular weight excluding hydrogens is 386 g/mol. The number of benzene rings is 2. The molecule has 0 saturated carbocycles. The molecule has 0 atom stereocenters. The Hall–Kier alpha value is -3.45. The largest absolute Gasteiger partial charge is 0.455 e. The molecule has 1 amide bonds. The highest BCUT2D eigenvalue weighted by molar-refractivity contribution is 7.15. The first kappa shape index (κ1) is 18.9. The third kappa shape index (κ3) is 4.52. The summed E-state index contributed by atoms with van der Waals surface area (Å²) in [5, 5.41) is 4.58. The number of imidazole rings is 1. The van der Waals surface area contributed by atoms with E-state index in [2.05, 4.69) is 10.3 Å². The number of aromatic nitrogens is 2. The van der Waals surface area contributed by atoms with Gasteiger partial charge in [-0.1, -0.05) is 48.0 Å². The summed E-state index contributed by atoms with van der Waals surface area (Å²) in [6, 6.07) is 17.3.